The third-order valence-corrected chi connectivity index (χ3v) is 5.83. The van der Waals surface area contributed by atoms with Crippen LogP contribution in [0.5, 0.6) is 5.75 Å². The number of aromatic nitrogens is 6. The van der Waals surface area contributed by atoms with Crippen molar-refractivity contribution < 1.29 is 9.47 Å². The molecule has 10 nitrogen and oxygen atoms in total. The summed E-state index contributed by atoms with van der Waals surface area (Å²) in [4.78, 5) is 26.4. The second-order valence-corrected chi connectivity index (χ2v) is 7.68. The highest BCUT2D eigenvalue weighted by Crippen LogP contribution is 2.36. The van der Waals surface area contributed by atoms with Crippen molar-refractivity contribution in [1.82, 2.24) is 29.1 Å². The van der Waals surface area contributed by atoms with Crippen LogP contribution in [0.4, 0.5) is 11.6 Å². The van der Waals surface area contributed by atoms with E-state index in [1.54, 1.807) is 17.8 Å². The van der Waals surface area contributed by atoms with Crippen molar-refractivity contribution >= 4 is 28.3 Å². The summed E-state index contributed by atoms with van der Waals surface area (Å²) in [5.74, 6) is 0.909. The Kier molecular flexibility index (Phi) is 4.78. The van der Waals surface area contributed by atoms with Gasteiger partial charge in [-0.15, -0.1) is 0 Å². The molecule has 0 aliphatic carbocycles. The maximum atomic E-state index is 12.9. The Morgan fingerprint density at radius 3 is 2.84 bits per heavy atom. The van der Waals surface area contributed by atoms with Crippen molar-refractivity contribution in [2.24, 2.45) is 7.05 Å². The van der Waals surface area contributed by atoms with E-state index in [1.807, 2.05) is 19.2 Å². The molecule has 1 N–H and O–H groups in total. The second-order valence-electron chi connectivity index (χ2n) is 7.68. The van der Waals surface area contributed by atoms with Crippen LogP contribution in [0.3, 0.4) is 0 Å². The van der Waals surface area contributed by atoms with Crippen molar-refractivity contribution in [2.45, 2.75) is 25.7 Å². The highest BCUT2D eigenvalue weighted by atomic mass is 16.5. The lowest BCUT2D eigenvalue weighted by atomic mass is 9.90. The van der Waals surface area contributed by atoms with Crippen LogP contribution in [0, 0.1) is 6.92 Å². The van der Waals surface area contributed by atoms with Crippen molar-refractivity contribution in [3.05, 3.63) is 46.3 Å². The predicted octanol–water partition coefficient (Wildman–Crippen LogP) is 2.33. The molecule has 31 heavy (non-hydrogen) atoms. The first-order valence-electron chi connectivity index (χ1n) is 10.1. The van der Waals surface area contributed by atoms with Gasteiger partial charge in [-0.05, 0) is 37.3 Å². The molecule has 0 spiro atoms. The molecule has 0 saturated carbocycles. The average Bonchev–Trinajstić information content (AvgIpc) is 3.24. The summed E-state index contributed by atoms with van der Waals surface area (Å²) in [6.45, 7) is 3.29. The normalized spacial score (nSPS) is 14.9. The molecule has 0 bridgehead atoms. The summed E-state index contributed by atoms with van der Waals surface area (Å²) >= 11 is 0. The number of anilines is 2. The summed E-state index contributed by atoms with van der Waals surface area (Å²) in [7, 11) is 3.24. The zero-order valence-corrected chi connectivity index (χ0v) is 17.6. The van der Waals surface area contributed by atoms with Gasteiger partial charge in [-0.2, -0.15) is 5.10 Å². The van der Waals surface area contributed by atoms with E-state index >= 15 is 0 Å². The molecule has 1 saturated heterocycles. The number of ether oxygens (including phenoxy) is 2. The van der Waals surface area contributed by atoms with Crippen LogP contribution in [0.1, 0.15) is 29.9 Å². The van der Waals surface area contributed by atoms with E-state index in [0.717, 1.165) is 35.3 Å². The Balaban J connectivity index is 1.66. The molecule has 1 aliphatic heterocycles. The zero-order valence-electron chi connectivity index (χ0n) is 17.6. The SMILES string of the molecule is COc1c(C2CCOCC2)c2nc(Nc3cn4ncnc4cc3C)ncc2n(C)c1=O. The molecule has 0 amide bonds. The number of hydrogen-bond acceptors (Lipinski definition) is 8. The summed E-state index contributed by atoms with van der Waals surface area (Å²) in [5, 5.41) is 7.47. The molecule has 5 rings (SSSR count). The molecular weight excluding hydrogens is 398 g/mol. The van der Waals surface area contributed by atoms with Gasteiger partial charge in [0.15, 0.2) is 11.4 Å². The number of rotatable bonds is 4. The van der Waals surface area contributed by atoms with Crippen LogP contribution in [-0.4, -0.2) is 49.5 Å². The van der Waals surface area contributed by atoms with Crippen LogP contribution >= 0.6 is 0 Å². The van der Waals surface area contributed by atoms with E-state index in [1.165, 1.54) is 18.0 Å². The third kappa shape index (κ3) is 3.28. The Bertz CT molecular complexity index is 1340. The van der Waals surface area contributed by atoms with Crippen molar-refractivity contribution in [3.8, 4) is 5.75 Å². The van der Waals surface area contributed by atoms with Gasteiger partial charge in [-0.25, -0.2) is 19.5 Å². The lowest BCUT2D eigenvalue weighted by Crippen LogP contribution is -2.24. The van der Waals surface area contributed by atoms with Crippen molar-refractivity contribution in [3.63, 3.8) is 0 Å². The molecule has 0 radical (unpaired) electrons. The van der Waals surface area contributed by atoms with Crippen molar-refractivity contribution in [2.75, 3.05) is 25.6 Å². The molecule has 0 aromatic carbocycles. The monoisotopic (exact) mass is 421 g/mol. The Hall–Kier alpha value is -3.53. The number of hydrogen-bond donors (Lipinski definition) is 1. The first-order valence-corrected chi connectivity index (χ1v) is 10.1. The largest absolute Gasteiger partial charge is 0.491 e. The van der Waals surface area contributed by atoms with Crippen LogP contribution in [-0.2, 0) is 11.8 Å². The molecule has 160 valence electrons. The lowest BCUT2D eigenvalue weighted by molar-refractivity contribution is 0.0850. The van der Waals surface area contributed by atoms with Gasteiger partial charge in [0, 0.05) is 25.8 Å². The van der Waals surface area contributed by atoms with Gasteiger partial charge in [-0.1, -0.05) is 0 Å². The maximum Gasteiger partial charge on any atom is 0.293 e. The molecule has 1 fully saturated rings. The maximum absolute atomic E-state index is 12.9. The third-order valence-electron chi connectivity index (χ3n) is 5.83. The van der Waals surface area contributed by atoms with E-state index in [-0.39, 0.29) is 11.5 Å². The molecule has 0 atom stereocenters. The first-order chi connectivity index (χ1) is 15.1. The van der Waals surface area contributed by atoms with Crippen molar-refractivity contribution in [1.29, 1.82) is 0 Å². The summed E-state index contributed by atoms with van der Waals surface area (Å²) < 4.78 is 14.3. The van der Waals surface area contributed by atoms with Gasteiger partial charge in [-0.3, -0.25) is 4.79 Å². The Morgan fingerprint density at radius 1 is 1.26 bits per heavy atom. The van der Waals surface area contributed by atoms with Gasteiger partial charge >= 0.3 is 0 Å². The van der Waals surface area contributed by atoms with Gasteiger partial charge in [0.1, 0.15) is 6.33 Å². The fourth-order valence-electron chi connectivity index (χ4n) is 4.13. The summed E-state index contributed by atoms with van der Waals surface area (Å²) in [5.41, 5.74) is 4.60. The highest BCUT2D eigenvalue weighted by Gasteiger charge is 2.27. The summed E-state index contributed by atoms with van der Waals surface area (Å²) in [6.07, 6.45) is 6.67. The van der Waals surface area contributed by atoms with E-state index < -0.39 is 0 Å². The number of aryl methyl sites for hydroxylation is 2. The Labute approximate surface area is 177 Å². The molecular formula is C21H23N7O3. The molecule has 1 aliphatic rings. The lowest BCUT2D eigenvalue weighted by Gasteiger charge is -2.25. The first kappa shape index (κ1) is 19.4. The van der Waals surface area contributed by atoms with Gasteiger partial charge in [0.05, 0.1) is 36.2 Å². The van der Waals surface area contributed by atoms with Gasteiger partial charge in [0.2, 0.25) is 5.95 Å². The average molecular weight is 421 g/mol. The van der Waals surface area contributed by atoms with E-state index in [2.05, 4.69) is 20.4 Å². The van der Waals surface area contributed by atoms with Crippen LogP contribution in [0.15, 0.2) is 29.6 Å². The fourth-order valence-corrected chi connectivity index (χ4v) is 4.13. The molecule has 5 heterocycles. The predicted molar refractivity (Wildman–Crippen MR) is 115 cm³/mol. The van der Waals surface area contributed by atoms with Gasteiger partial charge < -0.3 is 19.4 Å². The Morgan fingerprint density at radius 2 is 2.06 bits per heavy atom. The van der Waals surface area contributed by atoms with E-state index in [0.29, 0.717) is 35.9 Å². The number of methoxy groups -OCH3 is 1. The van der Waals surface area contributed by atoms with Crippen LogP contribution in [0.25, 0.3) is 16.7 Å². The number of nitrogens with zero attached hydrogens (tertiary/aromatic N) is 6. The molecule has 4 aromatic rings. The minimum Gasteiger partial charge on any atom is -0.491 e. The van der Waals surface area contributed by atoms with E-state index in [4.69, 9.17) is 14.5 Å². The number of fused-ring (bicyclic) bond motifs is 2. The van der Waals surface area contributed by atoms with E-state index in [9.17, 15) is 4.79 Å². The quantitative estimate of drug-likeness (QED) is 0.535. The van der Waals surface area contributed by atoms with Crippen LogP contribution < -0.4 is 15.6 Å². The standard InChI is InChI=1S/C21H23N7O3/c1-12-8-16-23-11-24-28(16)10-14(12)25-21-22-9-15-18(26-21)17(13-4-6-31-7-5-13)19(30-3)20(29)27(15)2/h8-11,13H,4-7H2,1-3H3,(H,22,25,26). The number of nitrogens with one attached hydrogen (secondary N) is 1. The highest BCUT2D eigenvalue weighted by molar-refractivity contribution is 5.82. The smallest absolute Gasteiger partial charge is 0.293 e. The van der Waals surface area contributed by atoms with Crippen LogP contribution in [0.2, 0.25) is 0 Å². The zero-order chi connectivity index (χ0) is 21.5. The minimum atomic E-state index is -0.187. The topological polar surface area (TPSA) is 108 Å². The van der Waals surface area contributed by atoms with Gasteiger partial charge in [0.25, 0.3) is 5.56 Å². The minimum absolute atomic E-state index is 0.135. The molecule has 0 unspecified atom stereocenters. The molecule has 4 aromatic heterocycles. The number of pyridine rings is 2. The fraction of sp³-hybridized carbons (Fsp3) is 0.381. The second kappa shape index (κ2) is 7.62. The molecule has 10 heteroatoms. The summed E-state index contributed by atoms with van der Waals surface area (Å²) in [6, 6.07) is 1.94.